The summed E-state index contributed by atoms with van der Waals surface area (Å²) in [5.74, 6) is -0.777. The number of likely N-dealkylation sites (N-methyl/N-ethyl adjacent to an activating group) is 1. The third kappa shape index (κ3) is 4.39. The van der Waals surface area contributed by atoms with Gasteiger partial charge in [0.1, 0.15) is 5.69 Å². The molecule has 0 saturated carbocycles. The van der Waals surface area contributed by atoms with E-state index in [9.17, 15) is 10.1 Å². The fraction of sp³-hybridized carbons (Fsp3) is 0.524. The van der Waals surface area contributed by atoms with Crippen LogP contribution in [0.1, 0.15) is 31.9 Å². The van der Waals surface area contributed by atoms with Crippen molar-refractivity contribution in [1.29, 1.82) is 5.26 Å². The Kier molecular flexibility index (Phi) is 6.42. The van der Waals surface area contributed by atoms with E-state index in [0.29, 0.717) is 23.6 Å². The van der Waals surface area contributed by atoms with Crippen LogP contribution in [0.2, 0.25) is 0 Å². The number of carbonyl (C=O) groups is 1. The maximum Gasteiger partial charge on any atom is 0.329 e. The zero-order valence-electron chi connectivity index (χ0n) is 16.8. The molecule has 1 aromatic carbocycles. The topological polar surface area (TPSA) is 82.3 Å². The molecule has 2 atom stereocenters. The summed E-state index contributed by atoms with van der Waals surface area (Å²) >= 11 is 0. The quantitative estimate of drug-likeness (QED) is 0.711. The average molecular weight is 381 g/mol. The van der Waals surface area contributed by atoms with Gasteiger partial charge in [-0.25, -0.2) is 9.97 Å². The van der Waals surface area contributed by atoms with Crippen molar-refractivity contribution in [1.82, 2.24) is 14.9 Å². The second-order valence-electron chi connectivity index (χ2n) is 7.42. The van der Waals surface area contributed by atoms with Crippen molar-refractivity contribution in [3.05, 3.63) is 30.0 Å². The maximum absolute atomic E-state index is 12.7. The smallest absolute Gasteiger partial charge is 0.329 e. The lowest BCUT2D eigenvalue weighted by molar-refractivity contribution is -0.145. The molecule has 2 heterocycles. The SMILES string of the molecule is CCC(C)COC(=O)C(C#N)c1nc2ccccc2nc1N1CCN(C)CC1. The molecule has 148 valence electrons. The first-order chi connectivity index (χ1) is 13.5. The Morgan fingerprint density at radius 1 is 1.21 bits per heavy atom. The molecule has 0 aliphatic carbocycles. The van der Waals surface area contributed by atoms with Gasteiger partial charge in [0.15, 0.2) is 11.7 Å². The van der Waals surface area contributed by atoms with E-state index in [4.69, 9.17) is 9.72 Å². The monoisotopic (exact) mass is 381 g/mol. The molecule has 1 aliphatic rings. The largest absolute Gasteiger partial charge is 0.464 e. The van der Waals surface area contributed by atoms with Gasteiger partial charge < -0.3 is 14.5 Å². The maximum atomic E-state index is 12.7. The van der Waals surface area contributed by atoms with Crippen LogP contribution in [0, 0.1) is 17.2 Å². The second-order valence-corrected chi connectivity index (χ2v) is 7.42. The first-order valence-corrected chi connectivity index (χ1v) is 9.80. The van der Waals surface area contributed by atoms with Gasteiger partial charge in [0.2, 0.25) is 0 Å². The number of nitrogens with zero attached hydrogens (tertiary/aromatic N) is 5. The van der Waals surface area contributed by atoms with Crippen LogP contribution in [-0.4, -0.2) is 60.7 Å². The Morgan fingerprint density at radius 2 is 1.86 bits per heavy atom. The van der Waals surface area contributed by atoms with Crippen LogP contribution in [0.5, 0.6) is 0 Å². The van der Waals surface area contributed by atoms with E-state index < -0.39 is 11.9 Å². The lowest BCUT2D eigenvalue weighted by Gasteiger charge is -2.34. The van der Waals surface area contributed by atoms with Crippen LogP contribution in [0.3, 0.4) is 0 Å². The van der Waals surface area contributed by atoms with Gasteiger partial charge in [0.25, 0.3) is 0 Å². The number of hydrogen-bond acceptors (Lipinski definition) is 7. The van der Waals surface area contributed by atoms with Crippen LogP contribution >= 0.6 is 0 Å². The van der Waals surface area contributed by atoms with Crippen molar-refractivity contribution in [2.45, 2.75) is 26.2 Å². The highest BCUT2D eigenvalue weighted by Crippen LogP contribution is 2.28. The minimum absolute atomic E-state index is 0.253. The Balaban J connectivity index is 1.97. The van der Waals surface area contributed by atoms with Crippen molar-refractivity contribution in [3.63, 3.8) is 0 Å². The number of aromatic nitrogens is 2. The number of carbonyl (C=O) groups excluding carboxylic acids is 1. The van der Waals surface area contributed by atoms with Crippen LogP contribution in [-0.2, 0) is 9.53 Å². The van der Waals surface area contributed by atoms with Crippen LogP contribution in [0.15, 0.2) is 24.3 Å². The molecule has 0 bridgehead atoms. The van der Waals surface area contributed by atoms with E-state index in [0.717, 1.165) is 38.1 Å². The molecule has 7 heteroatoms. The standard InChI is InChI=1S/C21H27N5O2/c1-4-15(2)14-28-21(27)16(13-22)19-20(26-11-9-25(3)10-12-26)24-18-8-6-5-7-17(18)23-19/h5-8,15-16H,4,9-12,14H2,1-3H3. The van der Waals surface area contributed by atoms with E-state index in [1.807, 2.05) is 38.1 Å². The highest BCUT2D eigenvalue weighted by atomic mass is 16.5. The van der Waals surface area contributed by atoms with E-state index in [1.54, 1.807) is 0 Å². The number of rotatable bonds is 6. The van der Waals surface area contributed by atoms with Gasteiger partial charge in [0, 0.05) is 26.2 Å². The molecule has 0 radical (unpaired) electrons. The van der Waals surface area contributed by atoms with Crippen molar-refractivity contribution >= 4 is 22.8 Å². The van der Waals surface area contributed by atoms with Crippen molar-refractivity contribution in [2.24, 2.45) is 5.92 Å². The van der Waals surface area contributed by atoms with Crippen molar-refractivity contribution < 1.29 is 9.53 Å². The minimum atomic E-state index is -1.09. The Morgan fingerprint density at radius 3 is 2.46 bits per heavy atom. The van der Waals surface area contributed by atoms with Crippen molar-refractivity contribution in [2.75, 3.05) is 44.7 Å². The Bertz CT molecular complexity index is 871. The zero-order chi connectivity index (χ0) is 20.1. The predicted molar refractivity (Wildman–Crippen MR) is 108 cm³/mol. The summed E-state index contributed by atoms with van der Waals surface area (Å²) in [5.41, 5.74) is 1.81. The average Bonchev–Trinajstić information content (AvgIpc) is 2.72. The molecule has 7 nitrogen and oxygen atoms in total. The van der Waals surface area contributed by atoms with E-state index in [1.165, 1.54) is 0 Å². The number of fused-ring (bicyclic) bond motifs is 1. The zero-order valence-corrected chi connectivity index (χ0v) is 16.8. The van der Waals surface area contributed by atoms with Crippen LogP contribution in [0.25, 0.3) is 11.0 Å². The summed E-state index contributed by atoms with van der Waals surface area (Å²) in [5, 5.41) is 9.76. The normalized spacial score (nSPS) is 17.1. The lowest BCUT2D eigenvalue weighted by Crippen LogP contribution is -2.45. The number of ether oxygens (including phenoxy) is 1. The Hall–Kier alpha value is -2.72. The molecular weight excluding hydrogens is 354 g/mol. The summed E-state index contributed by atoms with van der Waals surface area (Å²) in [7, 11) is 2.08. The van der Waals surface area contributed by atoms with E-state index >= 15 is 0 Å². The molecule has 3 rings (SSSR count). The Labute approximate surface area is 165 Å². The summed E-state index contributed by atoms with van der Waals surface area (Å²) in [6.07, 6.45) is 0.910. The molecule has 1 aliphatic heterocycles. The molecule has 0 amide bonds. The first kappa shape index (κ1) is 20.0. The highest BCUT2D eigenvalue weighted by Gasteiger charge is 2.31. The molecule has 2 unspecified atom stereocenters. The van der Waals surface area contributed by atoms with Gasteiger partial charge in [-0.2, -0.15) is 5.26 Å². The second kappa shape index (κ2) is 8.98. The summed E-state index contributed by atoms with van der Waals surface area (Å²) in [6.45, 7) is 7.69. The number of para-hydroxylation sites is 2. The van der Waals surface area contributed by atoms with E-state index in [2.05, 4.69) is 27.9 Å². The molecule has 1 saturated heterocycles. The summed E-state index contributed by atoms with van der Waals surface area (Å²) in [4.78, 5) is 26.5. The van der Waals surface area contributed by atoms with Gasteiger partial charge in [-0.1, -0.05) is 32.4 Å². The van der Waals surface area contributed by atoms with Gasteiger partial charge in [-0.3, -0.25) is 4.79 Å². The fourth-order valence-electron chi connectivity index (χ4n) is 3.10. The molecule has 2 aromatic rings. The van der Waals surface area contributed by atoms with Crippen LogP contribution in [0.4, 0.5) is 5.82 Å². The molecule has 1 aromatic heterocycles. The molecular formula is C21H27N5O2. The van der Waals surface area contributed by atoms with Gasteiger partial charge in [0.05, 0.1) is 23.7 Å². The number of hydrogen-bond donors (Lipinski definition) is 0. The van der Waals surface area contributed by atoms with Gasteiger partial charge >= 0.3 is 5.97 Å². The molecule has 1 fully saturated rings. The third-order valence-electron chi connectivity index (χ3n) is 5.23. The third-order valence-corrected chi connectivity index (χ3v) is 5.23. The number of anilines is 1. The minimum Gasteiger partial charge on any atom is -0.464 e. The number of benzene rings is 1. The number of esters is 1. The fourth-order valence-corrected chi connectivity index (χ4v) is 3.10. The number of piperazine rings is 1. The number of nitriles is 1. The van der Waals surface area contributed by atoms with Gasteiger partial charge in [-0.15, -0.1) is 0 Å². The molecule has 0 N–H and O–H groups in total. The van der Waals surface area contributed by atoms with Gasteiger partial charge in [-0.05, 0) is 25.1 Å². The van der Waals surface area contributed by atoms with Crippen LogP contribution < -0.4 is 4.90 Å². The molecule has 28 heavy (non-hydrogen) atoms. The predicted octanol–water partition coefficient (Wildman–Crippen LogP) is 2.58. The summed E-state index contributed by atoms with van der Waals surface area (Å²) < 4.78 is 5.42. The first-order valence-electron chi connectivity index (χ1n) is 9.80. The van der Waals surface area contributed by atoms with E-state index in [-0.39, 0.29) is 5.92 Å². The summed E-state index contributed by atoms with van der Waals surface area (Å²) in [6, 6.07) is 9.62. The highest BCUT2D eigenvalue weighted by molar-refractivity contribution is 5.85. The lowest BCUT2D eigenvalue weighted by atomic mass is 10.1. The van der Waals surface area contributed by atoms with Crippen molar-refractivity contribution in [3.8, 4) is 6.07 Å². The molecule has 0 spiro atoms.